The molecule has 0 aromatic heterocycles. The fraction of sp³-hybridized carbons (Fsp3) is 0.800. The van der Waals surface area contributed by atoms with Crippen LogP contribution in [0.3, 0.4) is 0 Å². The Balaban J connectivity index is 2.55. The van der Waals surface area contributed by atoms with Gasteiger partial charge in [-0.25, -0.2) is 0 Å². The van der Waals surface area contributed by atoms with Crippen LogP contribution in [0.2, 0.25) is 0 Å². The second-order valence-electron chi connectivity index (χ2n) is 4.16. The van der Waals surface area contributed by atoms with Gasteiger partial charge in [-0.3, -0.25) is 14.5 Å². The van der Waals surface area contributed by atoms with Gasteiger partial charge in [0.25, 0.3) is 0 Å². The van der Waals surface area contributed by atoms with E-state index < -0.39 is 5.91 Å². The van der Waals surface area contributed by atoms with Gasteiger partial charge >= 0.3 is 0 Å². The zero-order chi connectivity index (χ0) is 11.4. The molecule has 1 heterocycles. The molecule has 0 saturated carbocycles. The maximum absolute atomic E-state index is 11.6. The minimum atomic E-state index is -0.443. The molecule has 5 heteroatoms. The quantitative estimate of drug-likeness (QED) is 0.681. The van der Waals surface area contributed by atoms with Crippen molar-refractivity contribution in [1.29, 1.82) is 0 Å². The first-order valence-corrected chi connectivity index (χ1v) is 5.31. The molecule has 0 aromatic rings. The molecular formula is C10H19N3O2. The molecule has 0 aromatic carbocycles. The van der Waals surface area contributed by atoms with Crippen molar-refractivity contribution in [1.82, 2.24) is 9.80 Å². The summed E-state index contributed by atoms with van der Waals surface area (Å²) in [5.74, 6) is -0.418. The first-order chi connectivity index (χ1) is 7.00. The summed E-state index contributed by atoms with van der Waals surface area (Å²) in [4.78, 5) is 26.1. The van der Waals surface area contributed by atoms with E-state index >= 15 is 0 Å². The Morgan fingerprint density at radius 3 is 2.60 bits per heavy atom. The second-order valence-corrected chi connectivity index (χ2v) is 4.16. The van der Waals surface area contributed by atoms with Crippen LogP contribution >= 0.6 is 0 Å². The van der Waals surface area contributed by atoms with Crippen molar-refractivity contribution in [3.63, 3.8) is 0 Å². The van der Waals surface area contributed by atoms with E-state index in [-0.39, 0.29) is 12.5 Å². The van der Waals surface area contributed by atoms with E-state index in [1.165, 1.54) is 0 Å². The molecule has 0 atom stereocenters. The minimum Gasteiger partial charge on any atom is -0.368 e. The molecule has 0 bridgehead atoms. The summed E-state index contributed by atoms with van der Waals surface area (Å²) >= 11 is 0. The number of carbonyl (C=O) groups excluding carboxylic acids is 2. The van der Waals surface area contributed by atoms with E-state index in [1.54, 1.807) is 4.90 Å². The third kappa shape index (κ3) is 3.51. The Hall–Kier alpha value is -1.10. The number of hydrogen-bond donors (Lipinski definition) is 1. The van der Waals surface area contributed by atoms with Crippen LogP contribution < -0.4 is 5.73 Å². The van der Waals surface area contributed by atoms with Gasteiger partial charge in [0.2, 0.25) is 11.8 Å². The molecule has 1 rings (SSSR count). The Labute approximate surface area is 90.2 Å². The highest BCUT2D eigenvalue weighted by atomic mass is 16.2. The summed E-state index contributed by atoms with van der Waals surface area (Å²) in [5.41, 5.74) is 5.08. The third-order valence-electron chi connectivity index (χ3n) is 2.70. The summed E-state index contributed by atoms with van der Waals surface area (Å²) in [6.07, 6.45) is 0.478. The van der Waals surface area contributed by atoms with Gasteiger partial charge in [-0.15, -0.1) is 0 Å². The predicted molar refractivity (Wildman–Crippen MR) is 57.1 cm³/mol. The van der Waals surface area contributed by atoms with Crippen molar-refractivity contribution in [3.05, 3.63) is 0 Å². The summed E-state index contributed by atoms with van der Waals surface area (Å²) in [6.45, 7) is 6.44. The van der Waals surface area contributed by atoms with Crippen molar-refractivity contribution in [3.8, 4) is 0 Å². The van der Waals surface area contributed by atoms with Crippen LogP contribution in [0.5, 0.6) is 0 Å². The SMILES string of the molecule is CC(C)N1CCC(=O)N(CC(N)=O)CC1. The number of hydrogen-bond acceptors (Lipinski definition) is 3. The maximum Gasteiger partial charge on any atom is 0.237 e. The normalized spacial score (nSPS) is 19.4. The van der Waals surface area contributed by atoms with Crippen molar-refractivity contribution in [2.75, 3.05) is 26.2 Å². The van der Waals surface area contributed by atoms with Crippen molar-refractivity contribution >= 4 is 11.8 Å². The Morgan fingerprint density at radius 2 is 2.07 bits per heavy atom. The molecule has 2 N–H and O–H groups in total. The van der Waals surface area contributed by atoms with Gasteiger partial charge < -0.3 is 10.6 Å². The fourth-order valence-electron chi connectivity index (χ4n) is 1.75. The van der Waals surface area contributed by atoms with Crippen molar-refractivity contribution in [2.24, 2.45) is 5.73 Å². The summed E-state index contributed by atoms with van der Waals surface area (Å²) in [6, 6.07) is 0.436. The summed E-state index contributed by atoms with van der Waals surface area (Å²) < 4.78 is 0. The first-order valence-electron chi connectivity index (χ1n) is 5.31. The number of rotatable bonds is 3. The van der Waals surface area contributed by atoms with E-state index in [0.717, 1.165) is 13.1 Å². The number of nitrogens with zero attached hydrogens (tertiary/aromatic N) is 2. The van der Waals surface area contributed by atoms with Gasteiger partial charge in [-0.1, -0.05) is 0 Å². The monoisotopic (exact) mass is 213 g/mol. The van der Waals surface area contributed by atoms with Crippen LogP contribution in [0.15, 0.2) is 0 Å². The molecule has 1 saturated heterocycles. The van der Waals surface area contributed by atoms with E-state index in [0.29, 0.717) is 19.0 Å². The molecule has 1 fully saturated rings. The Kier molecular flexibility index (Phi) is 4.08. The molecular weight excluding hydrogens is 194 g/mol. The highest BCUT2D eigenvalue weighted by molar-refractivity contribution is 5.84. The average molecular weight is 213 g/mol. The van der Waals surface area contributed by atoms with Crippen LogP contribution in [-0.2, 0) is 9.59 Å². The summed E-state index contributed by atoms with van der Waals surface area (Å²) in [7, 11) is 0. The highest BCUT2D eigenvalue weighted by Gasteiger charge is 2.22. The lowest BCUT2D eigenvalue weighted by atomic mass is 10.3. The standard InChI is InChI=1S/C10H19N3O2/c1-8(2)12-4-3-10(15)13(6-5-12)7-9(11)14/h8H,3-7H2,1-2H3,(H2,11,14). The van der Waals surface area contributed by atoms with Crippen LogP contribution in [0, 0.1) is 0 Å². The van der Waals surface area contributed by atoms with E-state index in [1.807, 2.05) is 0 Å². The van der Waals surface area contributed by atoms with E-state index in [2.05, 4.69) is 18.7 Å². The van der Waals surface area contributed by atoms with Crippen molar-refractivity contribution in [2.45, 2.75) is 26.3 Å². The van der Waals surface area contributed by atoms with Gasteiger partial charge in [0.15, 0.2) is 0 Å². The van der Waals surface area contributed by atoms with Gasteiger partial charge in [-0.05, 0) is 13.8 Å². The summed E-state index contributed by atoms with van der Waals surface area (Å²) in [5, 5.41) is 0. The Morgan fingerprint density at radius 1 is 1.40 bits per heavy atom. The van der Waals surface area contributed by atoms with E-state index in [4.69, 9.17) is 5.73 Å². The largest absolute Gasteiger partial charge is 0.368 e. The van der Waals surface area contributed by atoms with Crippen LogP contribution in [0.4, 0.5) is 0 Å². The van der Waals surface area contributed by atoms with Gasteiger partial charge in [0.1, 0.15) is 0 Å². The van der Waals surface area contributed by atoms with Crippen LogP contribution in [0.25, 0.3) is 0 Å². The number of carbonyl (C=O) groups is 2. The lowest BCUT2D eigenvalue weighted by Gasteiger charge is -2.24. The average Bonchev–Trinajstić information content (AvgIpc) is 2.29. The molecule has 0 spiro atoms. The van der Waals surface area contributed by atoms with Crippen LogP contribution in [0.1, 0.15) is 20.3 Å². The van der Waals surface area contributed by atoms with Gasteiger partial charge in [-0.2, -0.15) is 0 Å². The second kappa shape index (κ2) is 5.11. The minimum absolute atomic E-state index is 0.0250. The lowest BCUT2D eigenvalue weighted by molar-refractivity contribution is -0.134. The van der Waals surface area contributed by atoms with Gasteiger partial charge in [0, 0.05) is 32.1 Å². The Bertz CT molecular complexity index is 253. The topological polar surface area (TPSA) is 66.6 Å². The molecule has 0 aliphatic carbocycles. The highest BCUT2D eigenvalue weighted by Crippen LogP contribution is 2.07. The molecule has 2 amide bonds. The van der Waals surface area contributed by atoms with Crippen LogP contribution in [-0.4, -0.2) is 53.8 Å². The van der Waals surface area contributed by atoms with Gasteiger partial charge in [0.05, 0.1) is 6.54 Å². The zero-order valence-corrected chi connectivity index (χ0v) is 9.40. The molecule has 0 radical (unpaired) electrons. The molecule has 1 aliphatic rings. The molecule has 0 unspecified atom stereocenters. The number of amides is 2. The zero-order valence-electron chi connectivity index (χ0n) is 9.40. The van der Waals surface area contributed by atoms with E-state index in [9.17, 15) is 9.59 Å². The third-order valence-corrected chi connectivity index (χ3v) is 2.70. The first kappa shape index (κ1) is 12.0. The predicted octanol–water partition coefficient (Wildman–Crippen LogP) is -0.586. The molecule has 1 aliphatic heterocycles. The molecule has 15 heavy (non-hydrogen) atoms. The maximum atomic E-state index is 11.6. The number of nitrogens with two attached hydrogens (primary N) is 1. The van der Waals surface area contributed by atoms with Crippen molar-refractivity contribution < 1.29 is 9.59 Å². The smallest absolute Gasteiger partial charge is 0.237 e. The number of primary amides is 1. The fourth-order valence-corrected chi connectivity index (χ4v) is 1.75. The lowest BCUT2D eigenvalue weighted by Crippen LogP contribution is -2.40. The molecule has 86 valence electrons. The molecule has 5 nitrogen and oxygen atoms in total.